The van der Waals surface area contributed by atoms with Crippen molar-refractivity contribution in [3.63, 3.8) is 0 Å². The van der Waals surface area contributed by atoms with Gasteiger partial charge in [0.1, 0.15) is 0 Å². The summed E-state index contributed by atoms with van der Waals surface area (Å²) in [5.74, 6) is 0. The molecule has 0 aliphatic heterocycles. The Morgan fingerprint density at radius 1 is 1.30 bits per heavy atom. The second-order valence-electron chi connectivity index (χ2n) is 1.47. The Kier molecular flexibility index (Phi) is 30.3. The second-order valence-corrected chi connectivity index (χ2v) is 1.47. The predicted octanol–water partition coefficient (Wildman–Crippen LogP) is -7.29. The third-order valence-electron chi connectivity index (χ3n) is 0.867. The Bertz CT molecular complexity index is 107. The molecule has 0 spiro atoms. The van der Waals surface area contributed by atoms with Crippen molar-refractivity contribution in [3.8, 4) is 0 Å². The summed E-state index contributed by atoms with van der Waals surface area (Å²) < 4.78 is 0. The molecule has 4 heteroatoms. The summed E-state index contributed by atoms with van der Waals surface area (Å²) >= 11 is 0. The number of halogens is 3. The summed E-state index contributed by atoms with van der Waals surface area (Å²) in [5, 5.41) is 0. The summed E-state index contributed by atoms with van der Waals surface area (Å²) in [6, 6.07) is 0. The average Bonchev–Trinajstić information content (AvgIpc) is 1.86. The zero-order valence-electron chi connectivity index (χ0n) is 5.50. The van der Waals surface area contributed by atoms with Crippen LogP contribution in [0.2, 0.25) is 0 Å². The first kappa shape index (κ1) is 22.6. The van der Waals surface area contributed by atoms with Gasteiger partial charge in [-0.05, 0) is 0 Å². The SMILES string of the molecule is CC1=[C-]CC=C1.[Br-].[Br-].[Br-].[Hf+4]. The van der Waals surface area contributed by atoms with Crippen LogP contribution < -0.4 is 50.9 Å². The molecule has 0 radical (unpaired) electrons. The molecule has 0 aromatic heterocycles. The first-order valence-corrected chi connectivity index (χ1v) is 2.13. The van der Waals surface area contributed by atoms with Crippen molar-refractivity contribution in [2.24, 2.45) is 0 Å². The van der Waals surface area contributed by atoms with Crippen molar-refractivity contribution < 1.29 is 76.8 Å². The van der Waals surface area contributed by atoms with Gasteiger partial charge in [-0.15, -0.1) is 6.42 Å². The minimum Gasteiger partial charge on any atom is -1.00 e. The number of allylic oxidation sites excluding steroid dienone is 4. The van der Waals surface area contributed by atoms with Crippen LogP contribution in [0.5, 0.6) is 0 Å². The fraction of sp³-hybridized carbons (Fsp3) is 0.333. The Hall–Kier alpha value is 1.79. The quantitative estimate of drug-likeness (QED) is 0.231. The molecule has 0 aromatic rings. The molecule has 1 rings (SSSR count). The normalized spacial score (nSPS) is 11.1. The molecule has 0 fully saturated rings. The molecular formula is C6H7Br3Hf. The van der Waals surface area contributed by atoms with Crippen LogP contribution in [0.3, 0.4) is 0 Å². The minimum absolute atomic E-state index is 0. The molecule has 10 heavy (non-hydrogen) atoms. The van der Waals surface area contributed by atoms with Crippen molar-refractivity contribution >= 4 is 0 Å². The van der Waals surface area contributed by atoms with E-state index in [9.17, 15) is 0 Å². The summed E-state index contributed by atoms with van der Waals surface area (Å²) in [6.07, 6.45) is 8.33. The molecule has 1 aliphatic rings. The van der Waals surface area contributed by atoms with E-state index >= 15 is 0 Å². The van der Waals surface area contributed by atoms with Crippen LogP contribution >= 0.6 is 0 Å². The van der Waals surface area contributed by atoms with Gasteiger partial charge in [0.2, 0.25) is 0 Å². The maximum Gasteiger partial charge on any atom is 4.00 e. The van der Waals surface area contributed by atoms with Crippen molar-refractivity contribution in [3.05, 3.63) is 23.8 Å². The summed E-state index contributed by atoms with van der Waals surface area (Å²) in [4.78, 5) is 0. The molecule has 1 aliphatic carbocycles. The molecule has 0 amide bonds. The molecule has 56 valence electrons. The third kappa shape index (κ3) is 9.79. The number of hydrogen-bond acceptors (Lipinski definition) is 0. The van der Waals surface area contributed by atoms with Gasteiger partial charge in [0, 0.05) is 0 Å². The largest absolute Gasteiger partial charge is 4.00 e. The summed E-state index contributed by atoms with van der Waals surface area (Å²) in [7, 11) is 0. The Morgan fingerprint density at radius 3 is 1.90 bits per heavy atom. The monoisotopic (exact) mass is 496 g/mol. The molecule has 0 N–H and O–H groups in total. The van der Waals surface area contributed by atoms with Crippen LogP contribution in [-0.4, -0.2) is 0 Å². The van der Waals surface area contributed by atoms with Crippen molar-refractivity contribution in [2.75, 3.05) is 0 Å². The van der Waals surface area contributed by atoms with E-state index in [0.29, 0.717) is 0 Å². The molecule has 0 saturated carbocycles. The van der Waals surface area contributed by atoms with Gasteiger partial charge < -0.3 is 50.9 Å². The number of rotatable bonds is 0. The molecule has 0 heterocycles. The molecular weight excluding hydrogens is 490 g/mol. The molecule has 0 atom stereocenters. The Labute approximate surface area is 113 Å². The second kappa shape index (κ2) is 13.4. The topological polar surface area (TPSA) is 0 Å². The Morgan fingerprint density at radius 2 is 1.80 bits per heavy atom. The van der Waals surface area contributed by atoms with E-state index in [1.54, 1.807) is 0 Å². The predicted molar refractivity (Wildman–Crippen MR) is 26.2 cm³/mol. The molecule has 0 unspecified atom stereocenters. The van der Waals surface area contributed by atoms with Gasteiger partial charge in [-0.25, -0.2) is 11.6 Å². The van der Waals surface area contributed by atoms with Crippen LogP contribution in [0.1, 0.15) is 13.3 Å². The molecule has 0 saturated heterocycles. The zero-order chi connectivity index (χ0) is 4.41. The molecule has 0 aromatic carbocycles. The van der Waals surface area contributed by atoms with Gasteiger partial charge in [-0.1, -0.05) is 6.92 Å². The summed E-state index contributed by atoms with van der Waals surface area (Å²) in [5.41, 5.74) is 1.27. The van der Waals surface area contributed by atoms with Crippen LogP contribution in [0.4, 0.5) is 0 Å². The van der Waals surface area contributed by atoms with Crippen LogP contribution in [0.25, 0.3) is 0 Å². The van der Waals surface area contributed by atoms with Crippen molar-refractivity contribution in [2.45, 2.75) is 13.3 Å². The third-order valence-corrected chi connectivity index (χ3v) is 0.867. The zero-order valence-corrected chi connectivity index (χ0v) is 13.8. The Balaban J connectivity index is -0.0000000450. The fourth-order valence-corrected chi connectivity index (χ4v) is 0.515. The van der Waals surface area contributed by atoms with E-state index in [2.05, 4.69) is 25.2 Å². The molecule has 0 nitrogen and oxygen atoms in total. The first-order chi connectivity index (χ1) is 2.89. The van der Waals surface area contributed by atoms with Gasteiger partial charge in [-0.2, -0.15) is 6.08 Å². The fourth-order valence-electron chi connectivity index (χ4n) is 0.515. The first-order valence-electron chi connectivity index (χ1n) is 2.13. The van der Waals surface area contributed by atoms with Gasteiger partial charge in [0.25, 0.3) is 0 Å². The maximum absolute atomic E-state index is 3.12. The van der Waals surface area contributed by atoms with E-state index in [1.807, 2.05) is 0 Å². The van der Waals surface area contributed by atoms with Gasteiger partial charge in [0.15, 0.2) is 0 Å². The van der Waals surface area contributed by atoms with Crippen LogP contribution in [-0.2, 0) is 25.8 Å². The van der Waals surface area contributed by atoms with Gasteiger partial charge in [0.05, 0.1) is 0 Å². The maximum atomic E-state index is 3.12. The van der Waals surface area contributed by atoms with Crippen LogP contribution in [0, 0.1) is 6.08 Å². The van der Waals surface area contributed by atoms with Crippen LogP contribution in [0.15, 0.2) is 17.7 Å². The van der Waals surface area contributed by atoms with Crippen molar-refractivity contribution in [1.82, 2.24) is 0 Å². The smallest absolute Gasteiger partial charge is 1.00 e. The van der Waals surface area contributed by atoms with E-state index in [4.69, 9.17) is 0 Å². The minimum atomic E-state index is 0. The molecule has 0 bridgehead atoms. The van der Waals surface area contributed by atoms with Gasteiger partial charge >= 0.3 is 25.8 Å². The van der Waals surface area contributed by atoms with E-state index < -0.39 is 0 Å². The standard InChI is InChI=1S/C6H7.3BrH.Hf/c1-6-4-2-3-5-6;;;;/h2,4H,3H2,1H3;3*1H;/q-1;;;;+4/p-3. The number of hydrogen-bond donors (Lipinski definition) is 0. The van der Waals surface area contributed by atoms with Gasteiger partial charge in [-0.3, -0.25) is 6.08 Å². The van der Waals surface area contributed by atoms with E-state index in [1.165, 1.54) is 5.57 Å². The average molecular weight is 497 g/mol. The van der Waals surface area contributed by atoms with E-state index in [0.717, 1.165) is 6.42 Å². The summed E-state index contributed by atoms with van der Waals surface area (Å²) in [6.45, 7) is 2.06. The van der Waals surface area contributed by atoms with Crippen molar-refractivity contribution in [1.29, 1.82) is 0 Å². The van der Waals surface area contributed by atoms with E-state index in [-0.39, 0.29) is 76.8 Å².